The van der Waals surface area contributed by atoms with Crippen LogP contribution in [0.5, 0.6) is 0 Å². The number of non-ortho nitro benzene ring substituents is 1. The van der Waals surface area contributed by atoms with Crippen molar-refractivity contribution in [3.8, 4) is 0 Å². The molecule has 0 saturated heterocycles. The summed E-state index contributed by atoms with van der Waals surface area (Å²) in [7, 11) is -4.15. The third-order valence-corrected chi connectivity index (χ3v) is 6.95. The molecule has 1 aliphatic rings. The highest BCUT2D eigenvalue weighted by atomic mass is 32.2. The second-order valence-corrected chi connectivity index (χ2v) is 10.7. The van der Waals surface area contributed by atoms with E-state index in [0.29, 0.717) is 25.8 Å². The van der Waals surface area contributed by atoms with Crippen molar-refractivity contribution < 1.29 is 27.7 Å². The number of anilines is 1. The van der Waals surface area contributed by atoms with Crippen molar-refractivity contribution in [2.24, 2.45) is 0 Å². The number of hydrogen-bond donors (Lipinski definition) is 1. The van der Waals surface area contributed by atoms with Crippen LogP contribution in [0.2, 0.25) is 0 Å². The van der Waals surface area contributed by atoms with Gasteiger partial charge < -0.3 is 15.0 Å². The zero-order chi connectivity index (χ0) is 25.1. The van der Waals surface area contributed by atoms with Crippen molar-refractivity contribution in [3.63, 3.8) is 0 Å². The average molecular weight is 490 g/mol. The normalized spacial score (nSPS) is 14.6. The summed E-state index contributed by atoms with van der Waals surface area (Å²) in [4.78, 5) is 36.5. The topological polar surface area (TPSA) is 136 Å². The van der Waals surface area contributed by atoms with Crippen LogP contribution in [-0.2, 0) is 14.6 Å². The van der Waals surface area contributed by atoms with E-state index in [2.05, 4.69) is 5.32 Å². The van der Waals surface area contributed by atoms with Crippen LogP contribution in [-0.4, -0.2) is 44.0 Å². The summed E-state index contributed by atoms with van der Waals surface area (Å²) in [5, 5.41) is 13.9. The Balaban J connectivity index is 1.78. The fourth-order valence-electron chi connectivity index (χ4n) is 3.60. The summed E-state index contributed by atoms with van der Waals surface area (Å²) in [6.45, 7) is 5.92. The van der Waals surface area contributed by atoms with E-state index >= 15 is 0 Å². The third-order valence-electron chi connectivity index (χ3n) is 5.11. The number of sulfone groups is 1. The van der Waals surface area contributed by atoms with E-state index in [1.165, 1.54) is 35.2 Å². The number of hydrogen-bond acceptors (Lipinski definition) is 7. The van der Waals surface area contributed by atoms with E-state index in [1.54, 1.807) is 26.8 Å². The molecule has 0 spiro atoms. The first-order valence-corrected chi connectivity index (χ1v) is 12.3. The largest absolute Gasteiger partial charge is 0.444 e. The van der Waals surface area contributed by atoms with E-state index in [0.717, 1.165) is 6.07 Å². The Morgan fingerprint density at radius 3 is 2.47 bits per heavy atom. The predicted octanol–water partition coefficient (Wildman–Crippen LogP) is 4.08. The van der Waals surface area contributed by atoms with Gasteiger partial charge in [-0.25, -0.2) is 13.2 Å². The fourth-order valence-corrected chi connectivity index (χ4v) is 5.27. The molecular weight excluding hydrogens is 462 g/mol. The molecular formula is C23H27N3O7S. The van der Waals surface area contributed by atoms with Crippen LogP contribution in [0.3, 0.4) is 0 Å². The van der Waals surface area contributed by atoms with Gasteiger partial charge in [0.15, 0.2) is 0 Å². The predicted molar refractivity (Wildman–Crippen MR) is 125 cm³/mol. The van der Waals surface area contributed by atoms with E-state index in [-0.39, 0.29) is 33.3 Å². The van der Waals surface area contributed by atoms with Gasteiger partial charge in [0, 0.05) is 25.2 Å². The van der Waals surface area contributed by atoms with E-state index < -0.39 is 32.4 Å². The van der Waals surface area contributed by atoms with Gasteiger partial charge in [-0.3, -0.25) is 14.9 Å². The summed E-state index contributed by atoms with van der Waals surface area (Å²) >= 11 is 0. The number of amides is 2. The van der Waals surface area contributed by atoms with Crippen molar-refractivity contribution in [1.82, 2.24) is 5.32 Å². The number of fused-ring (bicyclic) bond motifs is 2. The number of nitrogens with zero attached hydrogens (tertiary/aromatic N) is 2. The number of unbranched alkanes of at least 4 members (excludes halogenated alkanes) is 2. The molecule has 2 amide bonds. The van der Waals surface area contributed by atoms with Crippen LogP contribution in [0.4, 0.5) is 16.2 Å². The van der Waals surface area contributed by atoms with E-state index in [9.17, 15) is 28.1 Å². The molecule has 2 aromatic carbocycles. The molecule has 10 nitrogen and oxygen atoms in total. The van der Waals surface area contributed by atoms with Crippen molar-refractivity contribution in [3.05, 3.63) is 58.1 Å². The molecule has 34 heavy (non-hydrogen) atoms. The van der Waals surface area contributed by atoms with Crippen molar-refractivity contribution in [2.75, 3.05) is 18.0 Å². The van der Waals surface area contributed by atoms with Crippen molar-refractivity contribution in [1.29, 1.82) is 0 Å². The first-order valence-electron chi connectivity index (χ1n) is 10.8. The van der Waals surface area contributed by atoms with Crippen LogP contribution < -0.4 is 10.2 Å². The highest BCUT2D eigenvalue weighted by Crippen LogP contribution is 2.38. The summed E-state index contributed by atoms with van der Waals surface area (Å²) in [5.74, 6) is -0.487. The minimum absolute atomic E-state index is 0.0212. The molecule has 0 fully saturated rings. The SMILES string of the molecule is CC(C)(C)OC(=O)NCCCCCN1C(=O)c2ccccc2S(=O)(=O)c2cc([N+](=O)[O-])ccc21. The van der Waals surface area contributed by atoms with Crippen LogP contribution in [0.15, 0.2) is 52.3 Å². The monoisotopic (exact) mass is 489 g/mol. The van der Waals surface area contributed by atoms with Gasteiger partial charge in [0.2, 0.25) is 9.84 Å². The average Bonchev–Trinajstić information content (AvgIpc) is 2.82. The molecule has 1 N–H and O–H groups in total. The summed E-state index contributed by atoms with van der Waals surface area (Å²) in [6.07, 6.45) is 1.30. The van der Waals surface area contributed by atoms with Crippen LogP contribution >= 0.6 is 0 Å². The molecule has 11 heteroatoms. The maximum Gasteiger partial charge on any atom is 0.407 e. The lowest BCUT2D eigenvalue weighted by Crippen LogP contribution is -2.33. The first kappa shape index (κ1) is 25.2. The number of benzene rings is 2. The highest BCUT2D eigenvalue weighted by molar-refractivity contribution is 7.91. The molecule has 1 heterocycles. The van der Waals surface area contributed by atoms with Gasteiger partial charge in [0.05, 0.1) is 21.1 Å². The molecule has 182 valence electrons. The Labute approximate surface area is 198 Å². The maximum absolute atomic E-state index is 13.3. The molecule has 0 atom stereocenters. The Bertz CT molecular complexity index is 1220. The molecule has 0 radical (unpaired) electrons. The second kappa shape index (κ2) is 9.80. The van der Waals surface area contributed by atoms with E-state index in [4.69, 9.17) is 4.74 Å². The molecule has 2 aromatic rings. The summed E-state index contributed by atoms with van der Waals surface area (Å²) in [6, 6.07) is 9.34. The number of rotatable bonds is 7. The lowest BCUT2D eigenvalue weighted by Gasteiger charge is -2.23. The number of carbonyl (C=O) groups excluding carboxylic acids is 2. The smallest absolute Gasteiger partial charge is 0.407 e. The quantitative estimate of drug-likeness (QED) is 0.351. The highest BCUT2D eigenvalue weighted by Gasteiger charge is 2.36. The molecule has 0 unspecified atom stereocenters. The Morgan fingerprint density at radius 1 is 1.09 bits per heavy atom. The molecule has 1 aliphatic heterocycles. The molecule has 0 bridgehead atoms. The molecule has 0 aliphatic carbocycles. The standard InChI is InChI=1S/C23H27N3O7S/c1-23(2,3)33-22(28)24-13-7-4-8-14-25-18-12-11-16(26(29)30)15-20(18)34(31,32)19-10-6-5-9-17(19)21(25)27/h5-6,9-12,15H,4,7-8,13-14H2,1-3H3,(H,24,28). The van der Waals surface area contributed by atoms with Gasteiger partial charge in [0.25, 0.3) is 11.6 Å². The first-order chi connectivity index (χ1) is 15.9. The summed E-state index contributed by atoms with van der Waals surface area (Å²) in [5.41, 5.74) is -0.829. The minimum Gasteiger partial charge on any atom is -0.444 e. The molecule has 0 saturated carbocycles. The lowest BCUT2D eigenvalue weighted by atomic mass is 10.1. The van der Waals surface area contributed by atoms with Gasteiger partial charge >= 0.3 is 6.09 Å². The van der Waals surface area contributed by atoms with Gasteiger partial charge in [-0.15, -0.1) is 0 Å². The third kappa shape index (κ3) is 5.53. The van der Waals surface area contributed by atoms with Crippen LogP contribution in [0.25, 0.3) is 0 Å². The number of carbonyl (C=O) groups is 2. The Kier molecular flexibility index (Phi) is 7.25. The van der Waals surface area contributed by atoms with Crippen molar-refractivity contribution >= 4 is 33.2 Å². The zero-order valence-electron chi connectivity index (χ0n) is 19.2. The van der Waals surface area contributed by atoms with Gasteiger partial charge in [-0.05, 0) is 58.2 Å². The van der Waals surface area contributed by atoms with E-state index in [1.807, 2.05) is 0 Å². The number of nitrogens with one attached hydrogen (secondary N) is 1. The van der Waals surface area contributed by atoms with Crippen LogP contribution in [0.1, 0.15) is 50.4 Å². The van der Waals surface area contributed by atoms with Crippen LogP contribution in [0, 0.1) is 10.1 Å². The Morgan fingerprint density at radius 2 is 1.79 bits per heavy atom. The number of alkyl carbamates (subject to hydrolysis) is 1. The fraction of sp³-hybridized carbons (Fsp3) is 0.391. The number of nitro benzene ring substituents is 1. The molecule has 3 rings (SSSR count). The molecule has 0 aromatic heterocycles. The van der Waals surface area contributed by atoms with Gasteiger partial charge in [-0.2, -0.15) is 0 Å². The van der Waals surface area contributed by atoms with Crippen molar-refractivity contribution in [2.45, 2.75) is 55.4 Å². The Hall–Kier alpha value is -3.47. The lowest BCUT2D eigenvalue weighted by molar-refractivity contribution is -0.385. The zero-order valence-corrected chi connectivity index (χ0v) is 20.1. The summed E-state index contributed by atoms with van der Waals surface area (Å²) < 4.78 is 31.8. The van der Waals surface area contributed by atoms with Gasteiger partial charge in [0.1, 0.15) is 10.5 Å². The number of nitro groups is 1. The second-order valence-electron chi connectivity index (χ2n) is 8.85. The minimum atomic E-state index is -4.15. The van der Waals surface area contributed by atoms with Gasteiger partial charge in [-0.1, -0.05) is 12.1 Å². The maximum atomic E-state index is 13.3. The number of ether oxygens (including phenoxy) is 1.